The molecule has 0 aliphatic carbocycles. The van der Waals surface area contributed by atoms with Crippen molar-refractivity contribution < 1.29 is 9.84 Å². The number of benzene rings is 3. The molecule has 0 saturated heterocycles. The highest BCUT2D eigenvalue weighted by molar-refractivity contribution is 5.85. The Morgan fingerprint density at radius 2 is 1.57 bits per heavy atom. The van der Waals surface area contributed by atoms with E-state index in [1.165, 1.54) is 11.1 Å². The van der Waals surface area contributed by atoms with Gasteiger partial charge in [-0.2, -0.15) is 0 Å². The van der Waals surface area contributed by atoms with Gasteiger partial charge in [0, 0.05) is 0 Å². The third-order valence-electron chi connectivity index (χ3n) is 3.79. The highest BCUT2D eigenvalue weighted by atomic mass is 16.5. The lowest BCUT2D eigenvalue weighted by Crippen LogP contribution is -1.97. The van der Waals surface area contributed by atoms with Crippen LogP contribution in [0.15, 0.2) is 54.6 Å². The van der Waals surface area contributed by atoms with E-state index in [0.29, 0.717) is 12.4 Å². The Bertz CT molecular complexity index is 791. The maximum atomic E-state index is 10.1. The molecule has 3 aromatic rings. The van der Waals surface area contributed by atoms with Gasteiger partial charge in [-0.25, -0.2) is 0 Å². The Kier molecular flexibility index (Phi) is 3.53. The van der Waals surface area contributed by atoms with E-state index in [2.05, 4.69) is 32.0 Å². The Labute approximate surface area is 124 Å². The van der Waals surface area contributed by atoms with Crippen molar-refractivity contribution in [2.45, 2.75) is 20.5 Å². The van der Waals surface area contributed by atoms with Gasteiger partial charge in [-0.3, -0.25) is 0 Å². The Hall–Kier alpha value is -2.48. The average molecular weight is 278 g/mol. The summed E-state index contributed by atoms with van der Waals surface area (Å²) in [5.41, 5.74) is 3.62. The summed E-state index contributed by atoms with van der Waals surface area (Å²) in [7, 11) is 0. The molecule has 21 heavy (non-hydrogen) atoms. The third kappa shape index (κ3) is 2.84. The van der Waals surface area contributed by atoms with Crippen LogP contribution in [-0.2, 0) is 6.61 Å². The van der Waals surface area contributed by atoms with Crippen LogP contribution in [0, 0.1) is 13.8 Å². The van der Waals surface area contributed by atoms with Gasteiger partial charge in [0.1, 0.15) is 6.61 Å². The van der Waals surface area contributed by atoms with Crippen LogP contribution in [0.2, 0.25) is 0 Å². The number of hydrogen-bond donors (Lipinski definition) is 1. The molecule has 0 spiro atoms. The van der Waals surface area contributed by atoms with Crippen LogP contribution < -0.4 is 4.74 Å². The van der Waals surface area contributed by atoms with E-state index in [-0.39, 0.29) is 5.75 Å². The molecule has 106 valence electrons. The summed E-state index contributed by atoms with van der Waals surface area (Å²) in [4.78, 5) is 0. The normalized spacial score (nSPS) is 10.8. The zero-order valence-corrected chi connectivity index (χ0v) is 12.3. The van der Waals surface area contributed by atoms with Crippen LogP contribution in [0.4, 0.5) is 0 Å². The van der Waals surface area contributed by atoms with Crippen LogP contribution in [0.1, 0.15) is 16.7 Å². The predicted molar refractivity (Wildman–Crippen MR) is 85.9 cm³/mol. The Morgan fingerprint density at radius 3 is 2.29 bits per heavy atom. The molecule has 0 fully saturated rings. The lowest BCUT2D eigenvalue weighted by Gasteiger charge is -2.11. The van der Waals surface area contributed by atoms with E-state index in [1.54, 1.807) is 6.07 Å². The molecule has 0 aliphatic rings. The molecule has 3 aromatic carbocycles. The summed E-state index contributed by atoms with van der Waals surface area (Å²) in [5.74, 6) is 0.699. The topological polar surface area (TPSA) is 29.5 Å². The van der Waals surface area contributed by atoms with Gasteiger partial charge in [0.15, 0.2) is 11.5 Å². The second-order valence-corrected chi connectivity index (χ2v) is 5.37. The first-order valence-electron chi connectivity index (χ1n) is 7.04. The first-order valence-corrected chi connectivity index (χ1v) is 7.04. The summed E-state index contributed by atoms with van der Waals surface area (Å²) in [6.07, 6.45) is 0. The smallest absolute Gasteiger partial charge is 0.162 e. The fourth-order valence-corrected chi connectivity index (χ4v) is 2.38. The van der Waals surface area contributed by atoms with Crippen LogP contribution in [0.25, 0.3) is 10.8 Å². The van der Waals surface area contributed by atoms with Crippen molar-refractivity contribution in [1.29, 1.82) is 0 Å². The maximum Gasteiger partial charge on any atom is 0.162 e. The number of phenolic OH excluding ortho intramolecular Hbond substituents is 1. The standard InChI is InChI=1S/C19H18O2/c1-13-7-8-15(9-14(13)2)12-21-19-11-17-6-4-3-5-16(17)10-18(19)20/h3-11,20H,12H2,1-2H3. The predicted octanol–water partition coefficient (Wildman–Crippen LogP) is 4.74. The van der Waals surface area contributed by atoms with Crippen molar-refractivity contribution in [1.82, 2.24) is 0 Å². The zero-order valence-electron chi connectivity index (χ0n) is 12.3. The summed E-state index contributed by atoms with van der Waals surface area (Å²) in [5, 5.41) is 12.1. The van der Waals surface area contributed by atoms with Crippen molar-refractivity contribution >= 4 is 10.8 Å². The first-order chi connectivity index (χ1) is 10.1. The summed E-state index contributed by atoms with van der Waals surface area (Å²) >= 11 is 0. The number of ether oxygens (including phenoxy) is 1. The molecule has 0 unspecified atom stereocenters. The van der Waals surface area contributed by atoms with E-state index >= 15 is 0 Å². The molecule has 2 nitrogen and oxygen atoms in total. The number of phenols is 1. The van der Waals surface area contributed by atoms with E-state index < -0.39 is 0 Å². The van der Waals surface area contributed by atoms with Gasteiger partial charge < -0.3 is 9.84 Å². The lowest BCUT2D eigenvalue weighted by molar-refractivity contribution is 0.289. The maximum absolute atomic E-state index is 10.1. The molecule has 1 N–H and O–H groups in total. The third-order valence-corrected chi connectivity index (χ3v) is 3.79. The molecule has 0 heterocycles. The second-order valence-electron chi connectivity index (χ2n) is 5.37. The fraction of sp³-hybridized carbons (Fsp3) is 0.158. The monoisotopic (exact) mass is 278 g/mol. The number of fused-ring (bicyclic) bond motifs is 1. The summed E-state index contributed by atoms with van der Waals surface area (Å²) in [6, 6.07) is 17.8. The molecule has 2 heteroatoms. The van der Waals surface area contributed by atoms with Crippen molar-refractivity contribution in [2.24, 2.45) is 0 Å². The van der Waals surface area contributed by atoms with Gasteiger partial charge in [-0.15, -0.1) is 0 Å². The van der Waals surface area contributed by atoms with Crippen molar-refractivity contribution in [3.63, 3.8) is 0 Å². The molecule has 0 aliphatic heterocycles. The van der Waals surface area contributed by atoms with Crippen molar-refractivity contribution in [3.8, 4) is 11.5 Å². The van der Waals surface area contributed by atoms with E-state index in [4.69, 9.17) is 4.74 Å². The van der Waals surface area contributed by atoms with E-state index in [0.717, 1.165) is 16.3 Å². The van der Waals surface area contributed by atoms with Crippen molar-refractivity contribution in [2.75, 3.05) is 0 Å². The van der Waals surface area contributed by atoms with Gasteiger partial charge in [0.25, 0.3) is 0 Å². The average Bonchev–Trinajstić information content (AvgIpc) is 2.48. The molecule has 0 aromatic heterocycles. The Morgan fingerprint density at radius 1 is 0.857 bits per heavy atom. The molecule has 0 atom stereocenters. The van der Waals surface area contributed by atoms with Gasteiger partial charge in [0.05, 0.1) is 0 Å². The van der Waals surface area contributed by atoms with Crippen LogP contribution in [0.5, 0.6) is 11.5 Å². The molecular weight excluding hydrogens is 260 g/mol. The first kappa shape index (κ1) is 13.5. The molecule has 3 rings (SSSR count). The quantitative estimate of drug-likeness (QED) is 0.749. The Balaban J connectivity index is 1.84. The minimum absolute atomic E-state index is 0.178. The highest BCUT2D eigenvalue weighted by Gasteiger charge is 2.06. The number of hydrogen-bond acceptors (Lipinski definition) is 2. The number of aromatic hydroxyl groups is 1. The fourth-order valence-electron chi connectivity index (χ4n) is 2.38. The van der Waals surface area contributed by atoms with Crippen LogP contribution in [0.3, 0.4) is 0 Å². The summed E-state index contributed by atoms with van der Waals surface area (Å²) < 4.78 is 5.78. The molecular formula is C19H18O2. The van der Waals surface area contributed by atoms with E-state index in [1.807, 2.05) is 30.3 Å². The van der Waals surface area contributed by atoms with Gasteiger partial charge in [-0.05, 0) is 53.4 Å². The van der Waals surface area contributed by atoms with Crippen molar-refractivity contribution in [3.05, 3.63) is 71.3 Å². The van der Waals surface area contributed by atoms with E-state index in [9.17, 15) is 5.11 Å². The highest BCUT2D eigenvalue weighted by Crippen LogP contribution is 2.31. The lowest BCUT2D eigenvalue weighted by atomic mass is 10.1. The van der Waals surface area contributed by atoms with Crippen LogP contribution >= 0.6 is 0 Å². The summed E-state index contributed by atoms with van der Waals surface area (Å²) in [6.45, 7) is 4.63. The van der Waals surface area contributed by atoms with Gasteiger partial charge >= 0.3 is 0 Å². The molecule has 0 radical (unpaired) electrons. The molecule has 0 saturated carbocycles. The second kappa shape index (κ2) is 5.49. The van der Waals surface area contributed by atoms with Crippen LogP contribution in [-0.4, -0.2) is 5.11 Å². The number of aryl methyl sites for hydroxylation is 2. The SMILES string of the molecule is Cc1ccc(COc2cc3ccccc3cc2O)cc1C. The minimum Gasteiger partial charge on any atom is -0.504 e. The minimum atomic E-state index is 0.178. The zero-order chi connectivity index (χ0) is 14.8. The molecule has 0 bridgehead atoms. The molecule has 0 amide bonds. The largest absolute Gasteiger partial charge is 0.504 e. The van der Waals surface area contributed by atoms with Gasteiger partial charge in [0.2, 0.25) is 0 Å². The van der Waals surface area contributed by atoms with Gasteiger partial charge in [-0.1, -0.05) is 42.5 Å². The number of rotatable bonds is 3.